The number of aryl methyl sites for hydroxylation is 4. The summed E-state index contributed by atoms with van der Waals surface area (Å²) in [6.45, 7) is 6.74. The van der Waals surface area contributed by atoms with E-state index in [2.05, 4.69) is 215 Å². The number of pyridine rings is 2. The van der Waals surface area contributed by atoms with Gasteiger partial charge >= 0.3 is 20.1 Å². The van der Waals surface area contributed by atoms with Crippen molar-refractivity contribution < 1.29 is 41.2 Å². The van der Waals surface area contributed by atoms with Crippen molar-refractivity contribution in [2.24, 2.45) is 0 Å². The van der Waals surface area contributed by atoms with Crippen LogP contribution < -0.4 is 4.90 Å². The summed E-state index contributed by atoms with van der Waals surface area (Å²) in [6, 6.07) is 89.5. The molecule has 11 rings (SSSR count). The maximum Gasteiger partial charge on any atom is 3.00 e. The summed E-state index contributed by atoms with van der Waals surface area (Å²) in [5, 5.41) is 0. The SMILES string of the molecule is CC(C)(C)c1ccc(N(c2[c-]c(-c3[c-]cccc3)ccc2)c2[c-]c(-c3ncccn3)[c-]cc2-c2ccccc2-c2cc(CCc3c[c-]c(-c4ccccn4)cc3)cc(CCc3c[c-]c(-c4ccccn4)cc3)c2)cc1.[Ir+3].[Pt]. The Morgan fingerprint density at radius 3 is 1.60 bits per heavy atom. The maximum atomic E-state index is 4.68. The zero-order chi connectivity index (χ0) is 51.0. The summed E-state index contributed by atoms with van der Waals surface area (Å²) in [6.07, 6.45) is 10.6. The van der Waals surface area contributed by atoms with Gasteiger partial charge in [0.25, 0.3) is 0 Å². The van der Waals surface area contributed by atoms with Crippen molar-refractivity contribution in [3.8, 4) is 67.3 Å². The van der Waals surface area contributed by atoms with Crippen LogP contribution in [0.2, 0.25) is 0 Å². The van der Waals surface area contributed by atoms with Crippen LogP contribution in [0.5, 0.6) is 0 Å². The molecule has 0 unspecified atom stereocenters. The van der Waals surface area contributed by atoms with Gasteiger partial charge in [0.05, 0.1) is 0 Å². The van der Waals surface area contributed by atoms with Crippen LogP contribution in [0, 0.1) is 36.4 Å². The molecule has 0 bridgehead atoms. The van der Waals surface area contributed by atoms with E-state index < -0.39 is 0 Å². The number of anilines is 3. The number of rotatable bonds is 15. The second-order valence-corrected chi connectivity index (χ2v) is 19.7. The van der Waals surface area contributed by atoms with E-state index in [1.165, 1.54) is 27.8 Å². The number of benzene rings is 8. The molecule has 3 heterocycles. The third-order valence-electron chi connectivity index (χ3n) is 13.5. The van der Waals surface area contributed by atoms with Crippen molar-refractivity contribution in [3.05, 3.63) is 283 Å². The van der Waals surface area contributed by atoms with Crippen LogP contribution in [0.15, 0.2) is 219 Å². The quantitative estimate of drug-likeness (QED) is 0.0958. The summed E-state index contributed by atoms with van der Waals surface area (Å²) in [5.74, 6) is 0.545. The monoisotopic (exact) mass is 1350 g/mol. The summed E-state index contributed by atoms with van der Waals surface area (Å²) in [5.41, 5.74) is 19.5. The van der Waals surface area contributed by atoms with E-state index in [9.17, 15) is 0 Å². The van der Waals surface area contributed by atoms with Gasteiger partial charge in [0.1, 0.15) is 0 Å². The first-order chi connectivity index (χ1) is 36.8. The van der Waals surface area contributed by atoms with Crippen molar-refractivity contribution >= 4 is 17.1 Å². The van der Waals surface area contributed by atoms with Gasteiger partial charge in [-0.2, -0.15) is 48.0 Å². The van der Waals surface area contributed by atoms with Crippen LogP contribution in [-0.2, 0) is 72.3 Å². The van der Waals surface area contributed by atoms with Gasteiger partial charge in [0, 0.05) is 51.5 Å². The first-order valence-corrected chi connectivity index (χ1v) is 25.5. The molecule has 0 radical (unpaired) electrons. The van der Waals surface area contributed by atoms with E-state index in [1.807, 2.05) is 73.1 Å². The maximum absolute atomic E-state index is 4.68. The fraction of sp³-hybridized carbons (Fsp3) is 0.114. The van der Waals surface area contributed by atoms with Crippen LogP contribution in [0.3, 0.4) is 0 Å². The molecule has 0 N–H and O–H groups in total. The predicted octanol–water partition coefficient (Wildman–Crippen LogP) is 16.4. The largest absolute Gasteiger partial charge is 3.00 e. The molecule has 7 heteroatoms. The molecule has 0 spiro atoms. The first-order valence-electron chi connectivity index (χ1n) is 25.5. The molecular weight excluding hydrogens is 1300 g/mol. The normalized spacial score (nSPS) is 11.1. The van der Waals surface area contributed by atoms with Crippen molar-refractivity contribution in [1.82, 2.24) is 19.9 Å². The summed E-state index contributed by atoms with van der Waals surface area (Å²) >= 11 is 0. The molecule has 0 aliphatic rings. The molecule has 0 aliphatic carbocycles. The van der Waals surface area contributed by atoms with Gasteiger partial charge in [-0.15, -0.1) is 88.6 Å². The molecule has 0 atom stereocenters. The van der Waals surface area contributed by atoms with Gasteiger partial charge in [-0.25, -0.2) is 22.8 Å². The molecule has 11 aromatic rings. The topological polar surface area (TPSA) is 54.8 Å². The second kappa shape index (κ2) is 25.0. The van der Waals surface area contributed by atoms with Crippen LogP contribution >= 0.6 is 0 Å². The molecule has 0 saturated carbocycles. The van der Waals surface area contributed by atoms with Crippen LogP contribution in [0.25, 0.3) is 67.3 Å². The molecule has 77 heavy (non-hydrogen) atoms. The van der Waals surface area contributed by atoms with Crippen molar-refractivity contribution in [2.75, 3.05) is 4.90 Å². The minimum absolute atomic E-state index is 0. The zero-order valence-electron chi connectivity index (χ0n) is 43.0. The average molecular weight is 1350 g/mol. The van der Waals surface area contributed by atoms with E-state index in [0.717, 1.165) is 98.6 Å². The number of hydrogen-bond donors (Lipinski definition) is 0. The Morgan fingerprint density at radius 1 is 0.442 bits per heavy atom. The Kier molecular flexibility index (Phi) is 17.5. The van der Waals surface area contributed by atoms with Gasteiger partial charge in [-0.3, -0.25) is 12.1 Å². The number of aromatic nitrogens is 4. The Hall–Kier alpha value is -7.72. The van der Waals surface area contributed by atoms with Crippen molar-refractivity contribution in [1.29, 1.82) is 0 Å². The third-order valence-corrected chi connectivity index (χ3v) is 13.5. The van der Waals surface area contributed by atoms with Gasteiger partial charge < -0.3 is 24.8 Å². The molecule has 0 aliphatic heterocycles. The van der Waals surface area contributed by atoms with Gasteiger partial charge in [-0.05, 0) is 93.6 Å². The standard InChI is InChI=1S/C70H53N5.Ir.Pt/c1-70(2,3)60-36-38-61(39-37-60)75(62-18-13-17-57(48-62)54-15-5-4-6-16-54)68-49-58(69-73-43-14-44-74-69)35-40-65(68)64-20-8-7-19-63(64)59-46-52(25-23-50-27-31-55(32-28-50)66-21-9-11-41-71-66)45-53(47-59)26-24-51-29-33-56(34-30-51)67-22-10-12-42-72-67;;/h4-15,17-22,27-31,33,36-47H,23-26H2,1-3H3;;/q-6;+3;. The molecule has 0 amide bonds. The van der Waals surface area contributed by atoms with Crippen LogP contribution in [0.1, 0.15) is 48.6 Å². The van der Waals surface area contributed by atoms with Gasteiger partial charge in [0.15, 0.2) is 0 Å². The molecule has 8 aromatic carbocycles. The van der Waals surface area contributed by atoms with Crippen LogP contribution in [0.4, 0.5) is 17.1 Å². The molecule has 3 aromatic heterocycles. The van der Waals surface area contributed by atoms with E-state index in [0.29, 0.717) is 11.4 Å². The minimum Gasteiger partial charge on any atom is -0.364 e. The summed E-state index contributed by atoms with van der Waals surface area (Å²) < 4.78 is 0. The van der Waals surface area contributed by atoms with Crippen molar-refractivity contribution in [2.45, 2.75) is 51.9 Å². The molecular formula is C70H53IrN5Pt-3. The zero-order valence-corrected chi connectivity index (χ0v) is 47.7. The fourth-order valence-electron chi connectivity index (χ4n) is 9.51. The minimum atomic E-state index is -0.0337. The molecule has 0 saturated heterocycles. The van der Waals surface area contributed by atoms with Gasteiger partial charge in [0.2, 0.25) is 0 Å². The van der Waals surface area contributed by atoms with E-state index >= 15 is 0 Å². The fourth-order valence-corrected chi connectivity index (χ4v) is 9.51. The van der Waals surface area contributed by atoms with E-state index in [1.54, 1.807) is 12.4 Å². The van der Waals surface area contributed by atoms with Gasteiger partial charge in [-0.1, -0.05) is 124 Å². The number of nitrogens with zero attached hydrogens (tertiary/aromatic N) is 5. The predicted molar refractivity (Wildman–Crippen MR) is 304 cm³/mol. The Morgan fingerprint density at radius 2 is 1.03 bits per heavy atom. The summed E-state index contributed by atoms with van der Waals surface area (Å²) in [4.78, 5) is 20.7. The Labute approximate surface area is 481 Å². The van der Waals surface area contributed by atoms with Crippen LogP contribution in [-0.4, -0.2) is 19.9 Å². The summed E-state index contributed by atoms with van der Waals surface area (Å²) in [7, 11) is 0. The number of hydrogen-bond acceptors (Lipinski definition) is 5. The van der Waals surface area contributed by atoms with E-state index in [-0.39, 0.29) is 46.6 Å². The second-order valence-electron chi connectivity index (χ2n) is 19.7. The Balaban J connectivity index is 0.00000361. The van der Waals surface area contributed by atoms with E-state index in [4.69, 9.17) is 0 Å². The Bertz CT molecular complexity index is 3560. The third kappa shape index (κ3) is 12.9. The first kappa shape index (κ1) is 54.1. The molecule has 5 nitrogen and oxygen atoms in total. The smallest absolute Gasteiger partial charge is 0.364 e. The molecule has 0 fully saturated rings. The average Bonchev–Trinajstić information content (AvgIpc) is 3.48. The molecule has 380 valence electrons. The van der Waals surface area contributed by atoms with Crippen molar-refractivity contribution in [3.63, 3.8) is 0 Å².